The van der Waals surface area contributed by atoms with Crippen molar-refractivity contribution in [2.75, 3.05) is 33.5 Å². The lowest BCUT2D eigenvalue weighted by Crippen LogP contribution is -2.37. The summed E-state index contributed by atoms with van der Waals surface area (Å²) in [7, 11) is 1.72. The molecule has 0 unspecified atom stereocenters. The van der Waals surface area contributed by atoms with Gasteiger partial charge in [-0.1, -0.05) is 0 Å². The maximum Gasteiger partial charge on any atom is 0.168 e. The van der Waals surface area contributed by atoms with Crippen molar-refractivity contribution in [3.05, 3.63) is 0 Å². The molecule has 0 aromatic heterocycles. The molecule has 0 amide bonds. The Labute approximate surface area is 97.2 Å². The third kappa shape index (κ3) is 3.17. The first-order chi connectivity index (χ1) is 7.85. The second-order valence-electron chi connectivity index (χ2n) is 4.52. The van der Waals surface area contributed by atoms with Crippen LogP contribution >= 0.6 is 0 Å². The predicted octanol–water partition coefficient (Wildman–Crippen LogP) is 1.73. The molecule has 0 atom stereocenters. The Morgan fingerprint density at radius 1 is 1.12 bits per heavy atom. The van der Waals surface area contributed by atoms with Gasteiger partial charge in [0.1, 0.15) is 0 Å². The lowest BCUT2D eigenvalue weighted by molar-refractivity contribution is -0.191. The predicted molar refractivity (Wildman–Crippen MR) is 59.3 cm³/mol. The van der Waals surface area contributed by atoms with E-state index in [9.17, 15) is 0 Å². The molecule has 94 valence electrons. The Kier molecular flexibility index (Phi) is 4.58. The minimum absolute atomic E-state index is 0.258. The minimum atomic E-state index is -0.258. The van der Waals surface area contributed by atoms with Crippen LogP contribution in [0.15, 0.2) is 0 Å². The van der Waals surface area contributed by atoms with Gasteiger partial charge in [-0.05, 0) is 19.3 Å². The molecular weight excluding hydrogens is 208 g/mol. The van der Waals surface area contributed by atoms with Crippen molar-refractivity contribution >= 4 is 0 Å². The van der Waals surface area contributed by atoms with Crippen LogP contribution < -0.4 is 0 Å². The Morgan fingerprint density at radius 2 is 1.81 bits per heavy atom. The molecule has 4 nitrogen and oxygen atoms in total. The Bertz CT molecular complexity index is 191. The van der Waals surface area contributed by atoms with E-state index in [-0.39, 0.29) is 5.79 Å². The largest absolute Gasteiger partial charge is 0.385 e. The van der Waals surface area contributed by atoms with E-state index in [0.717, 1.165) is 58.5 Å². The topological polar surface area (TPSA) is 36.9 Å². The molecule has 0 bridgehead atoms. The van der Waals surface area contributed by atoms with E-state index in [2.05, 4.69) is 0 Å². The maximum absolute atomic E-state index is 5.80. The molecule has 2 aliphatic rings. The molecule has 1 spiro atoms. The van der Waals surface area contributed by atoms with E-state index < -0.39 is 0 Å². The van der Waals surface area contributed by atoms with Crippen LogP contribution in [0.4, 0.5) is 0 Å². The normalized spacial score (nSPS) is 25.3. The van der Waals surface area contributed by atoms with Gasteiger partial charge in [-0.3, -0.25) is 0 Å². The van der Waals surface area contributed by atoms with E-state index >= 15 is 0 Å². The van der Waals surface area contributed by atoms with Gasteiger partial charge in [0, 0.05) is 33.2 Å². The van der Waals surface area contributed by atoms with Gasteiger partial charge in [0.2, 0.25) is 0 Å². The summed E-state index contributed by atoms with van der Waals surface area (Å²) in [5.41, 5.74) is 0. The number of rotatable bonds is 5. The Balaban J connectivity index is 1.61. The fraction of sp³-hybridized carbons (Fsp3) is 1.00. The maximum atomic E-state index is 5.80. The lowest BCUT2D eigenvalue weighted by Gasteiger charge is -2.35. The van der Waals surface area contributed by atoms with Crippen molar-refractivity contribution in [3.8, 4) is 0 Å². The SMILES string of the molecule is COCCCOC1CCC2(CC1)OCCO2. The molecule has 0 radical (unpaired) electrons. The van der Waals surface area contributed by atoms with Gasteiger partial charge in [0.05, 0.1) is 19.3 Å². The lowest BCUT2D eigenvalue weighted by atomic mass is 9.92. The summed E-state index contributed by atoms with van der Waals surface area (Å²) in [5.74, 6) is -0.258. The molecular formula is C12H22O4. The molecule has 0 N–H and O–H groups in total. The van der Waals surface area contributed by atoms with Crippen LogP contribution in [0.3, 0.4) is 0 Å². The fourth-order valence-corrected chi connectivity index (χ4v) is 2.44. The summed E-state index contributed by atoms with van der Waals surface area (Å²) in [4.78, 5) is 0. The Morgan fingerprint density at radius 3 is 2.44 bits per heavy atom. The summed E-state index contributed by atoms with van der Waals surface area (Å²) < 4.78 is 22.1. The van der Waals surface area contributed by atoms with Gasteiger partial charge in [-0.2, -0.15) is 0 Å². The van der Waals surface area contributed by atoms with E-state index in [1.54, 1.807) is 7.11 Å². The molecule has 16 heavy (non-hydrogen) atoms. The van der Waals surface area contributed by atoms with E-state index in [4.69, 9.17) is 18.9 Å². The van der Waals surface area contributed by atoms with Gasteiger partial charge in [-0.25, -0.2) is 0 Å². The zero-order valence-electron chi connectivity index (χ0n) is 10.1. The van der Waals surface area contributed by atoms with Gasteiger partial charge < -0.3 is 18.9 Å². The average Bonchev–Trinajstić information content (AvgIpc) is 2.76. The van der Waals surface area contributed by atoms with Crippen molar-refractivity contribution in [1.82, 2.24) is 0 Å². The zero-order valence-corrected chi connectivity index (χ0v) is 10.1. The van der Waals surface area contributed by atoms with Crippen LogP contribution in [0.25, 0.3) is 0 Å². The van der Waals surface area contributed by atoms with Gasteiger partial charge in [0.15, 0.2) is 5.79 Å². The summed E-state index contributed by atoms with van der Waals surface area (Å²) >= 11 is 0. The summed E-state index contributed by atoms with van der Waals surface area (Å²) in [6.45, 7) is 3.08. The third-order valence-corrected chi connectivity index (χ3v) is 3.35. The van der Waals surface area contributed by atoms with E-state index in [1.165, 1.54) is 0 Å². The second kappa shape index (κ2) is 5.96. The highest BCUT2D eigenvalue weighted by Crippen LogP contribution is 2.36. The quantitative estimate of drug-likeness (QED) is 0.674. The molecule has 2 rings (SSSR count). The third-order valence-electron chi connectivity index (χ3n) is 3.35. The molecule has 2 fully saturated rings. The second-order valence-corrected chi connectivity index (χ2v) is 4.52. The number of methoxy groups -OCH3 is 1. The molecule has 1 saturated carbocycles. The highest BCUT2D eigenvalue weighted by atomic mass is 16.7. The van der Waals surface area contributed by atoms with Crippen LogP contribution in [0.1, 0.15) is 32.1 Å². The molecule has 1 heterocycles. The zero-order chi connectivity index (χ0) is 11.3. The van der Waals surface area contributed by atoms with Crippen LogP contribution in [0.5, 0.6) is 0 Å². The molecule has 1 saturated heterocycles. The average molecular weight is 230 g/mol. The molecule has 1 aliphatic carbocycles. The monoisotopic (exact) mass is 230 g/mol. The first kappa shape index (κ1) is 12.3. The van der Waals surface area contributed by atoms with Crippen LogP contribution in [0, 0.1) is 0 Å². The van der Waals surface area contributed by atoms with E-state index in [0.29, 0.717) is 6.10 Å². The smallest absolute Gasteiger partial charge is 0.168 e. The van der Waals surface area contributed by atoms with Crippen molar-refractivity contribution < 1.29 is 18.9 Å². The van der Waals surface area contributed by atoms with Gasteiger partial charge >= 0.3 is 0 Å². The first-order valence-corrected chi connectivity index (χ1v) is 6.23. The van der Waals surface area contributed by atoms with Gasteiger partial charge in [0.25, 0.3) is 0 Å². The van der Waals surface area contributed by atoms with Gasteiger partial charge in [-0.15, -0.1) is 0 Å². The van der Waals surface area contributed by atoms with Crippen molar-refractivity contribution in [2.24, 2.45) is 0 Å². The molecule has 0 aromatic rings. The summed E-state index contributed by atoms with van der Waals surface area (Å²) in [5, 5.41) is 0. The van der Waals surface area contributed by atoms with Crippen LogP contribution in [-0.4, -0.2) is 45.4 Å². The van der Waals surface area contributed by atoms with Crippen molar-refractivity contribution in [3.63, 3.8) is 0 Å². The van der Waals surface area contributed by atoms with Crippen molar-refractivity contribution in [1.29, 1.82) is 0 Å². The summed E-state index contributed by atoms with van der Waals surface area (Å²) in [6, 6.07) is 0. The Hall–Kier alpha value is -0.160. The first-order valence-electron chi connectivity index (χ1n) is 6.23. The minimum Gasteiger partial charge on any atom is -0.385 e. The highest BCUT2D eigenvalue weighted by molar-refractivity contribution is 4.82. The number of ether oxygens (including phenoxy) is 4. The number of hydrogen-bond donors (Lipinski definition) is 0. The standard InChI is InChI=1S/C12H22O4/c1-13-7-2-8-14-11-3-5-12(6-4-11)15-9-10-16-12/h11H,2-10H2,1H3. The molecule has 0 aromatic carbocycles. The fourth-order valence-electron chi connectivity index (χ4n) is 2.44. The summed E-state index contributed by atoms with van der Waals surface area (Å²) in [6.07, 6.45) is 5.41. The number of hydrogen-bond acceptors (Lipinski definition) is 4. The van der Waals surface area contributed by atoms with E-state index in [1.807, 2.05) is 0 Å². The van der Waals surface area contributed by atoms with Crippen LogP contribution in [-0.2, 0) is 18.9 Å². The van der Waals surface area contributed by atoms with Crippen molar-refractivity contribution in [2.45, 2.75) is 44.0 Å². The molecule has 1 aliphatic heterocycles. The molecule has 4 heteroatoms. The van der Waals surface area contributed by atoms with Crippen LogP contribution in [0.2, 0.25) is 0 Å². The highest BCUT2D eigenvalue weighted by Gasteiger charge is 2.40.